The molecule has 0 saturated carbocycles. The van der Waals surface area contributed by atoms with Crippen molar-refractivity contribution in [1.82, 2.24) is 5.32 Å². The van der Waals surface area contributed by atoms with Crippen molar-refractivity contribution in [1.29, 1.82) is 0 Å². The van der Waals surface area contributed by atoms with E-state index in [2.05, 4.69) is 17.4 Å². The Morgan fingerprint density at radius 1 is 0.769 bits per heavy atom. The lowest BCUT2D eigenvalue weighted by atomic mass is 10.0. The summed E-state index contributed by atoms with van der Waals surface area (Å²) < 4.78 is 5.45. The molecule has 0 aromatic heterocycles. The number of benzene rings is 3. The zero-order chi connectivity index (χ0) is 18.0. The van der Waals surface area contributed by atoms with Crippen molar-refractivity contribution < 1.29 is 9.53 Å². The van der Waals surface area contributed by atoms with Gasteiger partial charge in [0.05, 0.1) is 6.42 Å². The third-order valence-corrected chi connectivity index (χ3v) is 4.21. The van der Waals surface area contributed by atoms with Gasteiger partial charge >= 0.3 is 5.97 Å². The number of carbonyl (C=O) groups is 1. The second kappa shape index (κ2) is 9.54. The highest BCUT2D eigenvalue weighted by atomic mass is 16.5. The van der Waals surface area contributed by atoms with E-state index in [4.69, 9.17) is 4.74 Å². The van der Waals surface area contributed by atoms with E-state index >= 15 is 0 Å². The molecule has 3 aromatic carbocycles. The van der Waals surface area contributed by atoms with Crippen molar-refractivity contribution in [3.8, 4) is 0 Å². The van der Waals surface area contributed by atoms with Gasteiger partial charge < -0.3 is 10.1 Å². The van der Waals surface area contributed by atoms with E-state index in [1.807, 2.05) is 78.9 Å². The summed E-state index contributed by atoms with van der Waals surface area (Å²) in [6.45, 7) is 1.01. The van der Waals surface area contributed by atoms with Gasteiger partial charge in [0.15, 0.2) is 0 Å². The smallest absolute Gasteiger partial charge is 0.308 e. The Bertz CT molecular complexity index is 788. The van der Waals surface area contributed by atoms with Crippen LogP contribution in [0.5, 0.6) is 0 Å². The zero-order valence-electron chi connectivity index (χ0n) is 14.7. The van der Waals surface area contributed by atoms with Crippen molar-refractivity contribution in [3.63, 3.8) is 0 Å². The van der Waals surface area contributed by atoms with Crippen molar-refractivity contribution in [2.75, 3.05) is 0 Å². The summed E-state index contributed by atoms with van der Waals surface area (Å²) >= 11 is 0. The fourth-order valence-electron chi connectivity index (χ4n) is 2.79. The highest BCUT2D eigenvalue weighted by Gasteiger charge is 2.16. The summed E-state index contributed by atoms with van der Waals surface area (Å²) in [6.07, 6.45) is 0.295. The molecule has 26 heavy (non-hydrogen) atoms. The minimum atomic E-state index is -0.205. The van der Waals surface area contributed by atoms with Crippen LogP contribution >= 0.6 is 0 Å². The molecule has 1 N–H and O–H groups in total. The molecule has 1 atom stereocenters. The van der Waals surface area contributed by atoms with E-state index in [0.717, 1.165) is 11.1 Å². The second-order valence-electron chi connectivity index (χ2n) is 6.18. The number of hydrogen-bond acceptors (Lipinski definition) is 3. The molecule has 0 aliphatic heterocycles. The van der Waals surface area contributed by atoms with Crippen LogP contribution in [-0.2, 0) is 22.7 Å². The molecule has 0 aliphatic carbocycles. The van der Waals surface area contributed by atoms with Gasteiger partial charge in [-0.05, 0) is 16.7 Å². The Labute approximate surface area is 154 Å². The van der Waals surface area contributed by atoms with Gasteiger partial charge in [-0.15, -0.1) is 0 Å². The lowest BCUT2D eigenvalue weighted by Crippen LogP contribution is -2.24. The molecule has 0 spiro atoms. The first-order chi connectivity index (χ1) is 12.8. The first kappa shape index (κ1) is 17.9. The number of ether oxygens (including phenoxy) is 1. The lowest BCUT2D eigenvalue weighted by molar-refractivity contribution is -0.145. The summed E-state index contributed by atoms with van der Waals surface area (Å²) in [5.41, 5.74) is 3.26. The number of esters is 1. The monoisotopic (exact) mass is 345 g/mol. The molecule has 0 bridgehead atoms. The second-order valence-corrected chi connectivity index (χ2v) is 6.18. The Balaban J connectivity index is 1.60. The molecular weight excluding hydrogens is 322 g/mol. The van der Waals surface area contributed by atoms with E-state index in [9.17, 15) is 4.79 Å². The fraction of sp³-hybridized carbons (Fsp3) is 0.174. The maximum Gasteiger partial charge on any atom is 0.308 e. The topological polar surface area (TPSA) is 38.3 Å². The third kappa shape index (κ3) is 5.57. The van der Waals surface area contributed by atoms with E-state index in [-0.39, 0.29) is 12.0 Å². The Morgan fingerprint density at radius 3 is 1.92 bits per heavy atom. The highest BCUT2D eigenvalue weighted by Crippen LogP contribution is 2.18. The van der Waals surface area contributed by atoms with Crippen molar-refractivity contribution >= 4 is 5.97 Å². The van der Waals surface area contributed by atoms with Gasteiger partial charge in [0.1, 0.15) is 6.61 Å². The first-order valence-corrected chi connectivity index (χ1v) is 8.83. The van der Waals surface area contributed by atoms with Gasteiger partial charge in [0.25, 0.3) is 0 Å². The lowest BCUT2D eigenvalue weighted by Gasteiger charge is -2.19. The molecule has 3 nitrogen and oxygen atoms in total. The van der Waals surface area contributed by atoms with Gasteiger partial charge in [-0.2, -0.15) is 0 Å². The van der Waals surface area contributed by atoms with E-state index in [1.165, 1.54) is 5.56 Å². The quantitative estimate of drug-likeness (QED) is 0.604. The molecule has 0 heterocycles. The zero-order valence-corrected chi connectivity index (χ0v) is 14.7. The molecule has 0 amide bonds. The standard InChI is InChI=1S/C23H23NO2/c25-23(26-18-20-12-6-2-7-13-20)16-22(21-14-8-3-9-15-21)24-17-19-10-4-1-5-11-19/h1-15,22,24H,16-18H2/t22-/m1/s1. The number of carbonyl (C=O) groups excluding carboxylic acids is 1. The van der Waals surface area contributed by atoms with Crippen LogP contribution in [0.3, 0.4) is 0 Å². The molecule has 3 heteroatoms. The molecule has 0 radical (unpaired) electrons. The van der Waals surface area contributed by atoms with Crippen molar-refractivity contribution in [2.24, 2.45) is 0 Å². The minimum absolute atomic E-state index is 0.0836. The molecular formula is C23H23NO2. The van der Waals surface area contributed by atoms with Crippen LogP contribution in [0.15, 0.2) is 91.0 Å². The summed E-state index contributed by atoms with van der Waals surface area (Å²) in [7, 11) is 0. The van der Waals surface area contributed by atoms with Crippen LogP contribution in [0.1, 0.15) is 29.2 Å². The number of hydrogen-bond donors (Lipinski definition) is 1. The van der Waals surface area contributed by atoms with Crippen LogP contribution in [0.2, 0.25) is 0 Å². The van der Waals surface area contributed by atoms with Crippen LogP contribution in [0.4, 0.5) is 0 Å². The van der Waals surface area contributed by atoms with E-state index in [0.29, 0.717) is 19.6 Å². The molecule has 0 unspecified atom stereocenters. The van der Waals surface area contributed by atoms with Crippen molar-refractivity contribution in [3.05, 3.63) is 108 Å². The summed E-state index contributed by atoms with van der Waals surface area (Å²) in [6, 6.07) is 29.9. The summed E-state index contributed by atoms with van der Waals surface area (Å²) in [5.74, 6) is -0.205. The van der Waals surface area contributed by atoms with Crippen LogP contribution in [0, 0.1) is 0 Å². The molecule has 3 aromatic rings. The average Bonchev–Trinajstić information content (AvgIpc) is 2.72. The van der Waals surface area contributed by atoms with Crippen LogP contribution in [0.25, 0.3) is 0 Å². The maximum absolute atomic E-state index is 12.3. The van der Waals surface area contributed by atoms with E-state index in [1.54, 1.807) is 0 Å². The van der Waals surface area contributed by atoms with Gasteiger partial charge in [-0.1, -0.05) is 91.0 Å². The van der Waals surface area contributed by atoms with E-state index < -0.39 is 0 Å². The van der Waals surface area contributed by atoms with Crippen LogP contribution in [-0.4, -0.2) is 5.97 Å². The Kier molecular flexibility index (Phi) is 6.57. The van der Waals surface area contributed by atoms with Crippen molar-refractivity contribution in [2.45, 2.75) is 25.6 Å². The molecule has 0 fully saturated rings. The predicted molar refractivity (Wildman–Crippen MR) is 103 cm³/mol. The first-order valence-electron chi connectivity index (χ1n) is 8.83. The predicted octanol–water partition coefficient (Wildman–Crippen LogP) is 4.65. The Morgan fingerprint density at radius 2 is 1.31 bits per heavy atom. The SMILES string of the molecule is O=C(C[C@@H](NCc1ccccc1)c1ccccc1)OCc1ccccc1. The average molecular weight is 345 g/mol. The van der Waals surface area contributed by atoms with Gasteiger partial charge in [0.2, 0.25) is 0 Å². The molecule has 132 valence electrons. The van der Waals surface area contributed by atoms with Gasteiger partial charge in [-0.3, -0.25) is 4.79 Å². The summed E-state index contributed by atoms with van der Waals surface area (Å²) in [4.78, 5) is 12.3. The third-order valence-electron chi connectivity index (χ3n) is 4.21. The minimum Gasteiger partial charge on any atom is -0.461 e. The van der Waals surface area contributed by atoms with Gasteiger partial charge in [0, 0.05) is 12.6 Å². The van der Waals surface area contributed by atoms with Gasteiger partial charge in [-0.25, -0.2) is 0 Å². The number of rotatable bonds is 8. The normalized spacial score (nSPS) is 11.7. The fourth-order valence-corrected chi connectivity index (χ4v) is 2.79. The molecule has 3 rings (SSSR count). The Hall–Kier alpha value is -2.91. The number of nitrogens with one attached hydrogen (secondary N) is 1. The maximum atomic E-state index is 12.3. The highest BCUT2D eigenvalue weighted by molar-refractivity contribution is 5.70. The summed E-state index contributed by atoms with van der Waals surface area (Å²) in [5, 5.41) is 3.48. The molecule has 0 saturated heterocycles. The van der Waals surface area contributed by atoms with Crippen LogP contribution < -0.4 is 5.32 Å². The largest absolute Gasteiger partial charge is 0.461 e. The molecule has 0 aliphatic rings.